The van der Waals surface area contributed by atoms with Crippen molar-refractivity contribution in [2.45, 2.75) is 63.3 Å². The predicted octanol–water partition coefficient (Wildman–Crippen LogP) is 2.98. The minimum atomic E-state index is -3.61. The van der Waals surface area contributed by atoms with Crippen LogP contribution in [0.5, 0.6) is 5.75 Å². The number of sulfonamides is 1. The van der Waals surface area contributed by atoms with Crippen LogP contribution in [0, 0.1) is 5.92 Å². The number of carbonyl (C=O) groups is 1. The molecule has 2 aliphatic rings. The molecule has 0 bridgehead atoms. The van der Waals surface area contributed by atoms with Gasteiger partial charge in [-0.15, -0.1) is 0 Å². The summed E-state index contributed by atoms with van der Waals surface area (Å²) in [4.78, 5) is 12.5. The number of rotatable bonds is 8. The first kappa shape index (κ1) is 21.9. The highest BCUT2D eigenvalue weighted by Crippen LogP contribution is 2.31. The zero-order chi connectivity index (χ0) is 20.9. The maximum atomic E-state index is 13.1. The molecule has 1 amide bonds. The number of nitrogens with zero attached hydrogens (tertiary/aromatic N) is 1. The number of amides is 1. The van der Waals surface area contributed by atoms with Crippen LogP contribution in [0.1, 0.15) is 52.4 Å². The van der Waals surface area contributed by atoms with Crippen molar-refractivity contribution in [2.24, 2.45) is 5.92 Å². The molecule has 29 heavy (non-hydrogen) atoms. The highest BCUT2D eigenvalue weighted by atomic mass is 32.2. The quantitative estimate of drug-likeness (QED) is 0.671. The molecule has 1 heterocycles. The normalized spacial score (nSPS) is 23.0. The molecule has 2 atom stereocenters. The Morgan fingerprint density at radius 2 is 1.90 bits per heavy atom. The van der Waals surface area contributed by atoms with Gasteiger partial charge in [-0.1, -0.05) is 19.8 Å². The Balaban J connectivity index is 1.69. The zero-order valence-electron chi connectivity index (χ0n) is 17.4. The summed E-state index contributed by atoms with van der Waals surface area (Å²) in [5.74, 6) is 0.780. The van der Waals surface area contributed by atoms with Crippen LogP contribution < -0.4 is 15.4 Å². The fourth-order valence-electron chi connectivity index (χ4n) is 4.13. The number of ether oxygens (including phenoxy) is 1. The minimum Gasteiger partial charge on any atom is -0.492 e. The van der Waals surface area contributed by atoms with Gasteiger partial charge in [-0.25, -0.2) is 8.42 Å². The summed E-state index contributed by atoms with van der Waals surface area (Å²) in [6, 6.07) is 5.22. The maximum absolute atomic E-state index is 13.1. The first-order valence-electron chi connectivity index (χ1n) is 10.7. The van der Waals surface area contributed by atoms with Crippen LogP contribution in [0.3, 0.4) is 0 Å². The highest BCUT2D eigenvalue weighted by molar-refractivity contribution is 7.89. The van der Waals surface area contributed by atoms with E-state index in [-0.39, 0.29) is 23.4 Å². The van der Waals surface area contributed by atoms with Crippen molar-refractivity contribution in [1.29, 1.82) is 0 Å². The lowest BCUT2D eigenvalue weighted by atomic mass is 9.86. The fourth-order valence-corrected chi connectivity index (χ4v) is 5.81. The number of hydrogen-bond acceptors (Lipinski definition) is 5. The second-order valence-corrected chi connectivity index (χ2v) is 9.90. The summed E-state index contributed by atoms with van der Waals surface area (Å²) in [5, 5.41) is 6.18. The number of nitrogens with one attached hydrogen (secondary N) is 2. The van der Waals surface area contributed by atoms with Crippen molar-refractivity contribution in [3.63, 3.8) is 0 Å². The van der Waals surface area contributed by atoms with Gasteiger partial charge >= 0.3 is 0 Å². The summed E-state index contributed by atoms with van der Waals surface area (Å²) >= 11 is 0. The molecule has 1 saturated heterocycles. The van der Waals surface area contributed by atoms with E-state index in [0.29, 0.717) is 37.1 Å². The van der Waals surface area contributed by atoms with Crippen LogP contribution in [0.25, 0.3) is 0 Å². The lowest BCUT2D eigenvalue weighted by molar-refractivity contribution is -0.120. The third kappa shape index (κ3) is 5.42. The van der Waals surface area contributed by atoms with Crippen LogP contribution in [0.4, 0.5) is 5.69 Å². The average Bonchev–Trinajstić information content (AvgIpc) is 3.25. The van der Waals surface area contributed by atoms with Crippen LogP contribution in [-0.4, -0.2) is 50.9 Å². The van der Waals surface area contributed by atoms with Gasteiger partial charge in [0.05, 0.1) is 13.2 Å². The van der Waals surface area contributed by atoms with E-state index in [1.807, 2.05) is 6.92 Å². The van der Waals surface area contributed by atoms with Crippen LogP contribution in [-0.2, 0) is 14.8 Å². The number of benzene rings is 1. The molecule has 0 radical (unpaired) electrons. The lowest BCUT2D eigenvalue weighted by Crippen LogP contribution is -2.43. The van der Waals surface area contributed by atoms with Crippen molar-refractivity contribution in [3.8, 4) is 5.75 Å². The van der Waals surface area contributed by atoms with Gasteiger partial charge in [-0.05, 0) is 56.7 Å². The Bertz CT molecular complexity index is 806. The summed E-state index contributed by atoms with van der Waals surface area (Å²) in [7, 11) is -3.61. The number of hydrogen-bond donors (Lipinski definition) is 2. The Morgan fingerprint density at radius 3 is 2.59 bits per heavy atom. The second kappa shape index (κ2) is 9.80. The van der Waals surface area contributed by atoms with Crippen molar-refractivity contribution in [2.75, 3.05) is 31.6 Å². The molecular weight excluding hydrogens is 390 g/mol. The van der Waals surface area contributed by atoms with Gasteiger partial charge in [0, 0.05) is 24.8 Å². The van der Waals surface area contributed by atoms with Gasteiger partial charge in [-0.3, -0.25) is 4.79 Å². The van der Waals surface area contributed by atoms with Gasteiger partial charge < -0.3 is 15.4 Å². The molecule has 2 fully saturated rings. The third-order valence-electron chi connectivity index (χ3n) is 5.84. The number of anilines is 1. The Labute approximate surface area is 174 Å². The molecule has 3 rings (SSSR count). The topological polar surface area (TPSA) is 87.7 Å². The molecule has 162 valence electrons. The van der Waals surface area contributed by atoms with Crippen molar-refractivity contribution in [3.05, 3.63) is 18.2 Å². The summed E-state index contributed by atoms with van der Waals surface area (Å²) in [5.41, 5.74) is 0.595. The highest BCUT2D eigenvalue weighted by Gasteiger charge is 2.30. The second-order valence-electron chi connectivity index (χ2n) is 8.00. The number of carbonyl (C=O) groups excluding carboxylic acids is 1. The SMILES string of the molecule is CCOc1ccc(NCC(=O)N[C@H]2CCCC[C@@H]2C)cc1S(=O)(=O)N1CCCC1. The molecule has 1 aromatic carbocycles. The minimum absolute atomic E-state index is 0.0680. The van der Waals surface area contributed by atoms with Crippen molar-refractivity contribution < 1.29 is 17.9 Å². The largest absolute Gasteiger partial charge is 0.492 e. The Hall–Kier alpha value is -1.80. The summed E-state index contributed by atoms with van der Waals surface area (Å²) < 4.78 is 33.2. The molecule has 7 nitrogen and oxygen atoms in total. The van der Waals surface area contributed by atoms with Gasteiger partial charge in [0.1, 0.15) is 10.6 Å². The van der Waals surface area contributed by atoms with E-state index in [1.54, 1.807) is 18.2 Å². The van der Waals surface area contributed by atoms with Gasteiger partial charge in [-0.2, -0.15) is 4.31 Å². The monoisotopic (exact) mass is 423 g/mol. The first-order chi connectivity index (χ1) is 13.9. The summed E-state index contributed by atoms with van der Waals surface area (Å²) in [6.07, 6.45) is 6.30. The molecule has 2 N–H and O–H groups in total. The predicted molar refractivity (Wildman–Crippen MR) is 114 cm³/mol. The van der Waals surface area contributed by atoms with Crippen molar-refractivity contribution in [1.82, 2.24) is 9.62 Å². The molecular formula is C21H33N3O4S. The molecule has 0 spiro atoms. The van der Waals surface area contributed by atoms with E-state index in [2.05, 4.69) is 17.6 Å². The average molecular weight is 424 g/mol. The fraction of sp³-hybridized carbons (Fsp3) is 0.667. The van der Waals surface area contributed by atoms with Crippen molar-refractivity contribution >= 4 is 21.6 Å². The van der Waals surface area contributed by atoms with Gasteiger partial charge in [0.2, 0.25) is 15.9 Å². The standard InChI is InChI=1S/C21H33N3O4S/c1-3-28-19-11-10-17(14-20(19)29(26,27)24-12-6-7-13-24)22-15-21(25)23-18-9-5-4-8-16(18)2/h10-11,14,16,18,22H,3-9,12-13,15H2,1-2H3,(H,23,25)/t16-,18-/m0/s1. The zero-order valence-corrected chi connectivity index (χ0v) is 18.3. The Kier molecular flexibility index (Phi) is 7.40. The van der Waals surface area contributed by atoms with E-state index >= 15 is 0 Å². The van der Waals surface area contributed by atoms with Crippen LogP contribution in [0.2, 0.25) is 0 Å². The molecule has 1 aliphatic carbocycles. The van der Waals surface area contributed by atoms with E-state index in [4.69, 9.17) is 4.74 Å². The first-order valence-corrected chi connectivity index (χ1v) is 12.2. The molecule has 0 aromatic heterocycles. The van der Waals surface area contributed by atoms with Gasteiger partial charge in [0.25, 0.3) is 0 Å². The molecule has 1 aliphatic heterocycles. The third-order valence-corrected chi connectivity index (χ3v) is 7.76. The smallest absolute Gasteiger partial charge is 0.246 e. The van der Waals surface area contributed by atoms with Crippen LogP contribution in [0.15, 0.2) is 23.1 Å². The molecule has 1 saturated carbocycles. The maximum Gasteiger partial charge on any atom is 0.246 e. The van der Waals surface area contributed by atoms with E-state index in [9.17, 15) is 13.2 Å². The summed E-state index contributed by atoms with van der Waals surface area (Å²) in [6.45, 7) is 5.58. The van der Waals surface area contributed by atoms with Gasteiger partial charge in [0.15, 0.2) is 0 Å². The van der Waals surface area contributed by atoms with E-state index in [1.165, 1.54) is 10.7 Å². The lowest BCUT2D eigenvalue weighted by Gasteiger charge is -2.29. The van der Waals surface area contributed by atoms with Crippen LogP contribution >= 0.6 is 0 Å². The Morgan fingerprint density at radius 1 is 1.17 bits per heavy atom. The molecule has 0 unspecified atom stereocenters. The van der Waals surface area contributed by atoms with E-state index in [0.717, 1.165) is 32.1 Å². The van der Waals surface area contributed by atoms with E-state index < -0.39 is 10.0 Å². The molecule has 8 heteroatoms. The molecule has 1 aromatic rings.